The molecule has 2 heterocycles. The summed E-state index contributed by atoms with van der Waals surface area (Å²) in [5.41, 5.74) is 0.800. The van der Waals surface area contributed by atoms with Crippen molar-refractivity contribution < 1.29 is 17.9 Å². The van der Waals surface area contributed by atoms with Crippen molar-refractivity contribution in [3.63, 3.8) is 0 Å². The van der Waals surface area contributed by atoms with Crippen LogP contribution < -0.4 is 4.72 Å². The topological polar surface area (TPSA) is 79.0 Å². The second-order valence-corrected chi connectivity index (χ2v) is 10.4. The first kappa shape index (κ1) is 23.9. The predicted octanol–water partition coefficient (Wildman–Crippen LogP) is 2.35. The third kappa shape index (κ3) is 6.87. The Hall–Kier alpha value is -1.74. The van der Waals surface area contributed by atoms with Gasteiger partial charge in [-0.05, 0) is 56.4 Å². The second kappa shape index (κ2) is 10.7. The van der Waals surface area contributed by atoms with Crippen LogP contribution in [-0.4, -0.2) is 75.6 Å². The third-order valence-electron chi connectivity index (χ3n) is 5.88. The first-order chi connectivity index (χ1) is 14.8. The zero-order chi connectivity index (χ0) is 22.4. The van der Waals surface area contributed by atoms with Crippen LogP contribution in [0.4, 0.5) is 0 Å². The normalized spacial score (nSPS) is 24.0. The fourth-order valence-electron chi connectivity index (χ4n) is 4.44. The molecule has 0 aromatic heterocycles. The number of nitrogens with one attached hydrogen (secondary N) is 1. The molecule has 7 nitrogen and oxygen atoms in total. The highest BCUT2D eigenvalue weighted by Gasteiger charge is 2.27. The van der Waals surface area contributed by atoms with E-state index in [1.807, 2.05) is 4.90 Å². The number of rotatable bonds is 7. The van der Waals surface area contributed by atoms with Crippen molar-refractivity contribution in [1.29, 1.82) is 0 Å². The molecule has 8 heteroatoms. The lowest BCUT2D eigenvalue weighted by atomic mass is 9.95. The van der Waals surface area contributed by atoms with Crippen molar-refractivity contribution in [3.05, 3.63) is 35.9 Å². The van der Waals surface area contributed by atoms with Gasteiger partial charge in [-0.2, -0.15) is 0 Å². The van der Waals surface area contributed by atoms with Gasteiger partial charge in [-0.1, -0.05) is 19.1 Å². The van der Waals surface area contributed by atoms with Gasteiger partial charge in [-0.3, -0.25) is 9.69 Å². The minimum atomic E-state index is -3.46. The Labute approximate surface area is 186 Å². The van der Waals surface area contributed by atoms with Crippen molar-refractivity contribution in [2.45, 2.75) is 50.7 Å². The largest absolute Gasteiger partial charge is 0.373 e. The Morgan fingerprint density at radius 2 is 1.74 bits per heavy atom. The lowest BCUT2D eigenvalue weighted by Crippen LogP contribution is -2.48. The van der Waals surface area contributed by atoms with Crippen LogP contribution in [-0.2, 0) is 19.6 Å². The van der Waals surface area contributed by atoms with E-state index >= 15 is 0 Å². The average molecular weight is 450 g/mol. The first-order valence-electron chi connectivity index (χ1n) is 11.2. The number of morpholine rings is 1. The molecular weight excluding hydrogens is 414 g/mol. The molecule has 0 aliphatic carbocycles. The Kier molecular flexibility index (Phi) is 8.27. The van der Waals surface area contributed by atoms with Crippen molar-refractivity contribution in [2.24, 2.45) is 5.92 Å². The van der Waals surface area contributed by atoms with E-state index in [1.54, 1.807) is 43.3 Å². The zero-order valence-corrected chi connectivity index (χ0v) is 19.6. The molecule has 0 saturated carbocycles. The van der Waals surface area contributed by atoms with Crippen molar-refractivity contribution >= 4 is 22.0 Å². The SMILES string of the molecule is CCNS(=O)(=O)c1ccc(/C=C/C(=O)N2CCC(CN3CC(C)OC(C)C3)CC2)cc1. The van der Waals surface area contributed by atoms with Crippen LogP contribution in [0.2, 0.25) is 0 Å². The highest BCUT2D eigenvalue weighted by molar-refractivity contribution is 7.89. The van der Waals surface area contributed by atoms with E-state index in [0.717, 1.165) is 51.1 Å². The molecule has 2 fully saturated rings. The molecule has 0 bridgehead atoms. The molecule has 1 N–H and O–H groups in total. The maximum absolute atomic E-state index is 12.6. The van der Waals surface area contributed by atoms with Gasteiger partial charge in [0.05, 0.1) is 17.1 Å². The van der Waals surface area contributed by atoms with Gasteiger partial charge in [-0.15, -0.1) is 0 Å². The monoisotopic (exact) mass is 449 g/mol. The Bertz CT molecular complexity index is 851. The maximum Gasteiger partial charge on any atom is 0.246 e. The predicted molar refractivity (Wildman–Crippen MR) is 122 cm³/mol. The molecule has 172 valence electrons. The molecule has 0 spiro atoms. The molecule has 2 atom stereocenters. The van der Waals surface area contributed by atoms with Gasteiger partial charge in [0.2, 0.25) is 15.9 Å². The minimum absolute atomic E-state index is 0.0106. The summed E-state index contributed by atoms with van der Waals surface area (Å²) in [5, 5.41) is 0. The van der Waals surface area contributed by atoms with Gasteiger partial charge in [0, 0.05) is 45.3 Å². The highest BCUT2D eigenvalue weighted by Crippen LogP contribution is 2.21. The number of hydrogen-bond donors (Lipinski definition) is 1. The zero-order valence-electron chi connectivity index (χ0n) is 18.8. The Morgan fingerprint density at radius 3 is 2.32 bits per heavy atom. The number of piperidine rings is 1. The Balaban J connectivity index is 1.47. The molecule has 2 aliphatic rings. The molecule has 2 unspecified atom stereocenters. The number of carbonyl (C=O) groups is 1. The number of hydrogen-bond acceptors (Lipinski definition) is 5. The number of ether oxygens (including phenoxy) is 1. The molecule has 1 amide bonds. The quantitative estimate of drug-likeness (QED) is 0.647. The summed E-state index contributed by atoms with van der Waals surface area (Å²) in [5.74, 6) is 0.633. The van der Waals surface area contributed by atoms with Crippen LogP contribution in [0.5, 0.6) is 0 Å². The van der Waals surface area contributed by atoms with Gasteiger partial charge in [0.1, 0.15) is 0 Å². The van der Waals surface area contributed by atoms with E-state index in [9.17, 15) is 13.2 Å². The van der Waals surface area contributed by atoms with Crippen LogP contribution in [0.15, 0.2) is 35.2 Å². The van der Waals surface area contributed by atoms with Crippen molar-refractivity contribution in [3.8, 4) is 0 Å². The number of carbonyl (C=O) groups excluding carboxylic acids is 1. The lowest BCUT2D eigenvalue weighted by molar-refractivity contribution is -0.127. The van der Waals surface area contributed by atoms with Gasteiger partial charge < -0.3 is 9.64 Å². The fraction of sp³-hybridized carbons (Fsp3) is 0.609. The van der Waals surface area contributed by atoms with Gasteiger partial charge in [0.25, 0.3) is 0 Å². The highest BCUT2D eigenvalue weighted by atomic mass is 32.2. The standard InChI is InChI=1S/C23H35N3O4S/c1-4-24-31(28,29)22-8-5-20(6-9-22)7-10-23(27)26-13-11-21(12-14-26)17-25-15-18(2)30-19(3)16-25/h5-10,18-19,21,24H,4,11-17H2,1-3H3/b10-7+. The summed E-state index contributed by atoms with van der Waals surface area (Å²) in [6, 6.07) is 6.54. The molecular formula is C23H35N3O4S. The molecule has 3 rings (SSSR count). The number of benzene rings is 1. The van der Waals surface area contributed by atoms with Crippen LogP contribution in [0.1, 0.15) is 39.2 Å². The van der Waals surface area contributed by atoms with Crippen LogP contribution in [0, 0.1) is 5.92 Å². The van der Waals surface area contributed by atoms with E-state index in [1.165, 1.54) is 0 Å². The lowest BCUT2D eigenvalue weighted by Gasteiger charge is -2.39. The first-order valence-corrected chi connectivity index (χ1v) is 12.7. The number of nitrogens with zero attached hydrogens (tertiary/aromatic N) is 2. The summed E-state index contributed by atoms with van der Waals surface area (Å²) in [4.78, 5) is 17.2. The van der Waals surface area contributed by atoms with E-state index in [2.05, 4.69) is 23.5 Å². The molecule has 1 aromatic carbocycles. The van der Waals surface area contributed by atoms with E-state index in [0.29, 0.717) is 12.5 Å². The van der Waals surface area contributed by atoms with Crippen LogP contribution in [0.25, 0.3) is 6.08 Å². The number of likely N-dealkylation sites (tertiary alicyclic amines) is 1. The maximum atomic E-state index is 12.6. The minimum Gasteiger partial charge on any atom is -0.373 e. The summed E-state index contributed by atoms with van der Waals surface area (Å²) >= 11 is 0. The summed E-state index contributed by atoms with van der Waals surface area (Å²) in [6.45, 7) is 11.0. The number of amides is 1. The van der Waals surface area contributed by atoms with Crippen LogP contribution in [0.3, 0.4) is 0 Å². The second-order valence-electron chi connectivity index (χ2n) is 8.65. The summed E-state index contributed by atoms with van der Waals surface area (Å²) in [6.07, 6.45) is 5.95. The summed E-state index contributed by atoms with van der Waals surface area (Å²) in [7, 11) is -3.46. The van der Waals surface area contributed by atoms with Crippen molar-refractivity contribution in [2.75, 3.05) is 39.3 Å². The Morgan fingerprint density at radius 1 is 1.13 bits per heavy atom. The van der Waals surface area contributed by atoms with Crippen molar-refractivity contribution in [1.82, 2.24) is 14.5 Å². The molecule has 0 radical (unpaired) electrons. The average Bonchev–Trinajstić information content (AvgIpc) is 2.72. The third-order valence-corrected chi connectivity index (χ3v) is 7.44. The van der Waals surface area contributed by atoms with E-state index in [4.69, 9.17) is 4.74 Å². The van der Waals surface area contributed by atoms with Gasteiger partial charge in [-0.25, -0.2) is 13.1 Å². The molecule has 1 aromatic rings. The van der Waals surface area contributed by atoms with Gasteiger partial charge in [0.15, 0.2) is 0 Å². The smallest absolute Gasteiger partial charge is 0.246 e. The van der Waals surface area contributed by atoms with E-state index in [-0.39, 0.29) is 23.0 Å². The van der Waals surface area contributed by atoms with Crippen LogP contribution >= 0.6 is 0 Å². The fourth-order valence-corrected chi connectivity index (χ4v) is 5.48. The van der Waals surface area contributed by atoms with E-state index < -0.39 is 10.0 Å². The molecule has 2 saturated heterocycles. The molecule has 2 aliphatic heterocycles. The molecule has 31 heavy (non-hydrogen) atoms. The van der Waals surface area contributed by atoms with Gasteiger partial charge >= 0.3 is 0 Å². The summed E-state index contributed by atoms with van der Waals surface area (Å²) < 4.78 is 32.3. The number of sulfonamides is 1.